The molecule has 0 aliphatic heterocycles. The van der Waals surface area contributed by atoms with Crippen LogP contribution in [0.3, 0.4) is 0 Å². The van der Waals surface area contributed by atoms with Crippen LogP contribution in [0.2, 0.25) is 0 Å². The summed E-state index contributed by atoms with van der Waals surface area (Å²) in [6.45, 7) is 3.11. The third-order valence-electron chi connectivity index (χ3n) is 3.32. The Morgan fingerprint density at radius 2 is 1.96 bits per heavy atom. The number of carbonyl (C=O) groups is 1. The van der Waals surface area contributed by atoms with Crippen LogP contribution in [0, 0.1) is 0 Å². The molecule has 0 fully saturated rings. The standard InChI is InChI=1S/C19H20BrNO2/c1-3-23-18-11-10-17(20)13-16(18)9-12-19(22)21(2)14-15-7-5-4-6-8-15/h4-13H,3,14H2,1-2H3/b12-9+. The Morgan fingerprint density at radius 1 is 1.22 bits per heavy atom. The number of amides is 1. The number of rotatable bonds is 6. The van der Waals surface area contributed by atoms with Crippen molar-refractivity contribution in [2.45, 2.75) is 13.5 Å². The fraction of sp³-hybridized carbons (Fsp3) is 0.211. The lowest BCUT2D eigenvalue weighted by Crippen LogP contribution is -2.24. The van der Waals surface area contributed by atoms with Crippen LogP contribution < -0.4 is 4.74 Å². The molecular weight excluding hydrogens is 354 g/mol. The quantitative estimate of drug-likeness (QED) is 0.696. The van der Waals surface area contributed by atoms with Crippen molar-refractivity contribution in [2.24, 2.45) is 0 Å². The van der Waals surface area contributed by atoms with Gasteiger partial charge in [-0.15, -0.1) is 0 Å². The summed E-state index contributed by atoms with van der Waals surface area (Å²) >= 11 is 3.44. The number of nitrogens with zero attached hydrogens (tertiary/aromatic N) is 1. The molecule has 0 spiro atoms. The molecule has 0 heterocycles. The van der Waals surface area contributed by atoms with Crippen molar-refractivity contribution in [1.29, 1.82) is 0 Å². The van der Waals surface area contributed by atoms with Crippen molar-refractivity contribution in [3.63, 3.8) is 0 Å². The van der Waals surface area contributed by atoms with E-state index in [0.717, 1.165) is 21.3 Å². The third-order valence-corrected chi connectivity index (χ3v) is 3.81. The van der Waals surface area contributed by atoms with Gasteiger partial charge in [0.1, 0.15) is 5.75 Å². The molecule has 2 aromatic rings. The van der Waals surface area contributed by atoms with Gasteiger partial charge in [0.25, 0.3) is 0 Å². The minimum Gasteiger partial charge on any atom is -0.493 e. The van der Waals surface area contributed by atoms with Crippen molar-refractivity contribution in [1.82, 2.24) is 4.90 Å². The van der Waals surface area contributed by atoms with E-state index in [4.69, 9.17) is 4.74 Å². The summed E-state index contributed by atoms with van der Waals surface area (Å²) in [4.78, 5) is 13.9. The van der Waals surface area contributed by atoms with E-state index in [1.165, 1.54) is 0 Å². The molecule has 4 heteroatoms. The van der Waals surface area contributed by atoms with E-state index < -0.39 is 0 Å². The Morgan fingerprint density at radius 3 is 2.65 bits per heavy atom. The van der Waals surface area contributed by atoms with Gasteiger partial charge in [-0.05, 0) is 36.8 Å². The molecule has 0 aliphatic carbocycles. The maximum atomic E-state index is 12.3. The molecule has 0 unspecified atom stereocenters. The number of benzene rings is 2. The van der Waals surface area contributed by atoms with E-state index in [-0.39, 0.29) is 5.91 Å². The summed E-state index contributed by atoms with van der Waals surface area (Å²) in [6, 6.07) is 15.7. The molecule has 120 valence electrons. The van der Waals surface area contributed by atoms with Crippen LogP contribution in [0.5, 0.6) is 5.75 Å². The van der Waals surface area contributed by atoms with E-state index in [1.54, 1.807) is 24.1 Å². The van der Waals surface area contributed by atoms with Crippen molar-refractivity contribution in [3.05, 3.63) is 70.2 Å². The highest BCUT2D eigenvalue weighted by Gasteiger charge is 2.07. The molecule has 0 N–H and O–H groups in total. The summed E-state index contributed by atoms with van der Waals surface area (Å²) in [5.41, 5.74) is 1.98. The van der Waals surface area contributed by atoms with Gasteiger partial charge < -0.3 is 9.64 Å². The van der Waals surface area contributed by atoms with E-state index in [1.807, 2.05) is 55.5 Å². The van der Waals surface area contributed by atoms with Crippen molar-refractivity contribution >= 4 is 27.9 Å². The summed E-state index contributed by atoms with van der Waals surface area (Å²) in [5, 5.41) is 0. The first-order valence-electron chi connectivity index (χ1n) is 7.49. The number of halogens is 1. The van der Waals surface area contributed by atoms with E-state index >= 15 is 0 Å². The SMILES string of the molecule is CCOc1ccc(Br)cc1/C=C/C(=O)N(C)Cc1ccccc1. The van der Waals surface area contributed by atoms with Gasteiger partial charge in [0.2, 0.25) is 5.91 Å². The second kappa shape index (κ2) is 8.53. The molecule has 0 saturated carbocycles. The molecule has 0 atom stereocenters. The average molecular weight is 374 g/mol. The lowest BCUT2D eigenvalue weighted by atomic mass is 10.2. The van der Waals surface area contributed by atoms with Crippen molar-refractivity contribution in [2.75, 3.05) is 13.7 Å². The smallest absolute Gasteiger partial charge is 0.246 e. The minimum atomic E-state index is -0.0451. The van der Waals surface area contributed by atoms with E-state index in [0.29, 0.717) is 13.2 Å². The zero-order chi connectivity index (χ0) is 16.7. The molecule has 0 radical (unpaired) electrons. The monoisotopic (exact) mass is 373 g/mol. The molecule has 2 rings (SSSR count). The normalized spacial score (nSPS) is 10.7. The second-order valence-corrected chi connectivity index (χ2v) is 6.04. The molecule has 0 aliphatic rings. The predicted molar refractivity (Wildman–Crippen MR) is 97.3 cm³/mol. The summed E-state index contributed by atoms with van der Waals surface area (Å²) in [7, 11) is 1.80. The van der Waals surface area contributed by atoms with E-state index in [2.05, 4.69) is 15.9 Å². The van der Waals surface area contributed by atoms with Crippen molar-refractivity contribution < 1.29 is 9.53 Å². The maximum absolute atomic E-state index is 12.3. The van der Waals surface area contributed by atoms with Gasteiger partial charge >= 0.3 is 0 Å². The minimum absolute atomic E-state index is 0.0451. The molecular formula is C19H20BrNO2. The van der Waals surface area contributed by atoms with Crippen LogP contribution in [-0.4, -0.2) is 24.5 Å². The van der Waals surface area contributed by atoms with Gasteiger partial charge in [0.05, 0.1) is 6.61 Å². The van der Waals surface area contributed by atoms with E-state index in [9.17, 15) is 4.79 Å². The van der Waals surface area contributed by atoms with Gasteiger partial charge in [-0.3, -0.25) is 4.79 Å². The highest BCUT2D eigenvalue weighted by molar-refractivity contribution is 9.10. The predicted octanol–water partition coefficient (Wildman–Crippen LogP) is 4.52. The van der Waals surface area contributed by atoms with Gasteiger partial charge in [0, 0.05) is 29.7 Å². The molecule has 0 aromatic heterocycles. The first kappa shape index (κ1) is 17.3. The lowest BCUT2D eigenvalue weighted by Gasteiger charge is -2.15. The largest absolute Gasteiger partial charge is 0.493 e. The van der Waals surface area contributed by atoms with Crippen LogP contribution in [0.1, 0.15) is 18.1 Å². The second-order valence-electron chi connectivity index (χ2n) is 5.13. The van der Waals surface area contributed by atoms with Crippen LogP contribution in [0.4, 0.5) is 0 Å². The fourth-order valence-electron chi connectivity index (χ4n) is 2.16. The topological polar surface area (TPSA) is 29.5 Å². The molecule has 0 bridgehead atoms. The van der Waals surface area contributed by atoms with Crippen molar-refractivity contribution in [3.8, 4) is 5.75 Å². The van der Waals surface area contributed by atoms with Gasteiger partial charge in [-0.1, -0.05) is 46.3 Å². The average Bonchev–Trinajstić information content (AvgIpc) is 2.55. The summed E-state index contributed by atoms with van der Waals surface area (Å²) in [6.07, 6.45) is 3.37. The zero-order valence-corrected chi connectivity index (χ0v) is 14.9. The number of carbonyl (C=O) groups excluding carboxylic acids is 1. The van der Waals surface area contributed by atoms with Crippen LogP contribution in [-0.2, 0) is 11.3 Å². The number of likely N-dealkylation sites (N-methyl/N-ethyl adjacent to an activating group) is 1. The number of hydrogen-bond donors (Lipinski definition) is 0. The fourth-order valence-corrected chi connectivity index (χ4v) is 2.54. The Labute approximate surface area is 145 Å². The maximum Gasteiger partial charge on any atom is 0.246 e. The van der Waals surface area contributed by atoms with Crippen LogP contribution >= 0.6 is 15.9 Å². The first-order valence-corrected chi connectivity index (χ1v) is 8.29. The van der Waals surface area contributed by atoms with Gasteiger partial charge in [-0.25, -0.2) is 0 Å². The van der Waals surface area contributed by atoms with Gasteiger partial charge in [0.15, 0.2) is 0 Å². The lowest BCUT2D eigenvalue weighted by molar-refractivity contribution is -0.125. The Kier molecular flexibility index (Phi) is 6.41. The first-order chi connectivity index (χ1) is 11.1. The molecule has 3 nitrogen and oxygen atoms in total. The molecule has 2 aromatic carbocycles. The Hall–Kier alpha value is -2.07. The third kappa shape index (κ3) is 5.25. The van der Waals surface area contributed by atoms with Gasteiger partial charge in [-0.2, -0.15) is 0 Å². The summed E-state index contributed by atoms with van der Waals surface area (Å²) < 4.78 is 6.53. The highest BCUT2D eigenvalue weighted by atomic mass is 79.9. The molecule has 23 heavy (non-hydrogen) atoms. The Bertz CT molecular complexity index is 683. The summed E-state index contributed by atoms with van der Waals surface area (Å²) in [5.74, 6) is 0.724. The Balaban J connectivity index is 2.07. The van der Waals surface area contributed by atoms with Crippen LogP contribution in [0.25, 0.3) is 6.08 Å². The highest BCUT2D eigenvalue weighted by Crippen LogP contribution is 2.24. The molecule has 1 amide bonds. The number of hydrogen-bond acceptors (Lipinski definition) is 2. The van der Waals surface area contributed by atoms with Crippen LogP contribution in [0.15, 0.2) is 59.1 Å². The zero-order valence-electron chi connectivity index (χ0n) is 13.3. The molecule has 0 saturated heterocycles. The number of ether oxygens (including phenoxy) is 1.